The van der Waals surface area contributed by atoms with E-state index in [1.165, 1.54) is 19.3 Å². The Morgan fingerprint density at radius 2 is 1.88 bits per heavy atom. The number of nitrogens with one attached hydrogen (secondary N) is 1. The summed E-state index contributed by atoms with van der Waals surface area (Å²) in [5, 5.41) is 3.72. The zero-order valence-electron chi connectivity index (χ0n) is 10.0. The molecule has 2 aliphatic rings. The third kappa shape index (κ3) is 1.58. The molecule has 1 N–H and O–H groups in total. The first-order valence-corrected chi connectivity index (χ1v) is 6.68. The molecule has 1 aromatic rings. The van der Waals surface area contributed by atoms with Crippen LogP contribution in [0.2, 0.25) is 0 Å². The number of fused-ring (bicyclic) bond motifs is 2. The van der Waals surface area contributed by atoms with Crippen molar-refractivity contribution < 1.29 is 0 Å². The highest BCUT2D eigenvalue weighted by Crippen LogP contribution is 2.52. The molecule has 86 valence electrons. The van der Waals surface area contributed by atoms with E-state index in [2.05, 4.69) is 42.6 Å². The number of hydrogen-bond donors (Lipinski definition) is 1. The summed E-state index contributed by atoms with van der Waals surface area (Å²) < 4.78 is 0. The van der Waals surface area contributed by atoms with E-state index in [1.54, 1.807) is 5.56 Å². The minimum atomic E-state index is 0.742. The normalized spacial score (nSPS) is 36.8. The lowest BCUT2D eigenvalue weighted by Gasteiger charge is -2.32. The molecule has 0 amide bonds. The van der Waals surface area contributed by atoms with Crippen LogP contribution < -0.4 is 5.32 Å². The number of benzene rings is 1. The van der Waals surface area contributed by atoms with Crippen LogP contribution in [0.25, 0.3) is 0 Å². The number of hydrogen-bond acceptors (Lipinski definition) is 1. The van der Waals surface area contributed by atoms with Crippen molar-refractivity contribution in [2.45, 2.75) is 38.1 Å². The Morgan fingerprint density at radius 3 is 2.62 bits per heavy atom. The lowest BCUT2D eigenvalue weighted by Crippen LogP contribution is -2.39. The Labute approximate surface area is 98.3 Å². The molecule has 2 fully saturated rings. The van der Waals surface area contributed by atoms with Gasteiger partial charge in [0.1, 0.15) is 0 Å². The average molecular weight is 215 g/mol. The van der Waals surface area contributed by atoms with Gasteiger partial charge in [-0.05, 0) is 43.2 Å². The Balaban J connectivity index is 1.88. The van der Waals surface area contributed by atoms with Gasteiger partial charge >= 0.3 is 0 Å². The van der Waals surface area contributed by atoms with Crippen molar-refractivity contribution in [3.63, 3.8) is 0 Å². The SMILES string of the molecule is CCNC1C(c2ccccc2)C2CC[C@H]1C2. The first kappa shape index (κ1) is 10.3. The maximum Gasteiger partial charge on any atom is 0.0167 e. The highest BCUT2D eigenvalue weighted by molar-refractivity contribution is 5.26. The van der Waals surface area contributed by atoms with Gasteiger partial charge in [-0.25, -0.2) is 0 Å². The smallest absolute Gasteiger partial charge is 0.0167 e. The minimum absolute atomic E-state index is 0.742. The van der Waals surface area contributed by atoms with E-state index in [4.69, 9.17) is 0 Å². The Morgan fingerprint density at radius 1 is 1.12 bits per heavy atom. The molecule has 16 heavy (non-hydrogen) atoms. The molecule has 1 aromatic carbocycles. The van der Waals surface area contributed by atoms with Crippen LogP contribution in [-0.4, -0.2) is 12.6 Å². The summed E-state index contributed by atoms with van der Waals surface area (Å²) in [7, 11) is 0. The summed E-state index contributed by atoms with van der Waals surface area (Å²) in [5.74, 6) is 2.66. The van der Waals surface area contributed by atoms with Crippen LogP contribution in [-0.2, 0) is 0 Å². The standard InChI is InChI=1S/C15H21N/c1-2-16-15-13-9-8-12(10-13)14(15)11-6-4-3-5-7-11/h3-7,12-16H,2,8-10H2,1H3/t12?,13-,14?,15?/m0/s1. The molecule has 2 saturated carbocycles. The Hall–Kier alpha value is -0.820. The molecule has 0 aliphatic heterocycles. The predicted molar refractivity (Wildman–Crippen MR) is 67.5 cm³/mol. The molecule has 0 radical (unpaired) electrons. The zero-order chi connectivity index (χ0) is 11.0. The van der Waals surface area contributed by atoms with Crippen LogP contribution >= 0.6 is 0 Å². The third-order valence-corrected chi connectivity index (χ3v) is 4.54. The third-order valence-electron chi connectivity index (χ3n) is 4.54. The van der Waals surface area contributed by atoms with Gasteiger partial charge in [0.15, 0.2) is 0 Å². The minimum Gasteiger partial charge on any atom is -0.313 e. The molecular formula is C15H21N. The Bertz CT molecular complexity index is 346. The van der Waals surface area contributed by atoms with Gasteiger partial charge in [0.05, 0.1) is 0 Å². The van der Waals surface area contributed by atoms with Crippen molar-refractivity contribution in [1.29, 1.82) is 0 Å². The van der Waals surface area contributed by atoms with Gasteiger partial charge in [-0.3, -0.25) is 0 Å². The monoisotopic (exact) mass is 215 g/mol. The summed E-state index contributed by atoms with van der Waals surface area (Å²) in [6.45, 7) is 3.34. The molecule has 1 nitrogen and oxygen atoms in total. The predicted octanol–water partition coefficient (Wildman–Crippen LogP) is 3.18. The molecule has 0 aromatic heterocycles. The summed E-state index contributed by atoms with van der Waals surface area (Å²) in [6.07, 6.45) is 4.36. The molecule has 2 aliphatic carbocycles. The lowest BCUT2D eigenvalue weighted by atomic mass is 9.80. The number of likely N-dealkylation sites (N-methyl/N-ethyl adjacent to an activating group) is 1. The molecule has 3 unspecified atom stereocenters. The van der Waals surface area contributed by atoms with Crippen molar-refractivity contribution in [3.8, 4) is 0 Å². The summed E-state index contributed by atoms with van der Waals surface area (Å²) in [4.78, 5) is 0. The van der Waals surface area contributed by atoms with E-state index >= 15 is 0 Å². The van der Waals surface area contributed by atoms with E-state index in [9.17, 15) is 0 Å². The van der Waals surface area contributed by atoms with E-state index in [1.807, 2.05) is 0 Å². The van der Waals surface area contributed by atoms with Gasteiger partial charge in [0.2, 0.25) is 0 Å². The molecule has 0 spiro atoms. The van der Waals surface area contributed by atoms with Gasteiger partial charge in [-0.15, -0.1) is 0 Å². The van der Waals surface area contributed by atoms with Crippen molar-refractivity contribution in [3.05, 3.63) is 35.9 Å². The second-order valence-electron chi connectivity index (χ2n) is 5.35. The largest absolute Gasteiger partial charge is 0.313 e. The van der Waals surface area contributed by atoms with Crippen LogP contribution in [0.5, 0.6) is 0 Å². The van der Waals surface area contributed by atoms with Gasteiger partial charge in [-0.2, -0.15) is 0 Å². The topological polar surface area (TPSA) is 12.0 Å². The zero-order valence-corrected chi connectivity index (χ0v) is 10.0. The number of rotatable bonds is 3. The average Bonchev–Trinajstić information content (AvgIpc) is 2.91. The van der Waals surface area contributed by atoms with Gasteiger partial charge < -0.3 is 5.32 Å². The van der Waals surface area contributed by atoms with E-state index in [0.29, 0.717) is 0 Å². The van der Waals surface area contributed by atoms with E-state index in [0.717, 1.165) is 30.3 Å². The molecule has 1 heteroatoms. The van der Waals surface area contributed by atoms with Crippen LogP contribution in [0.15, 0.2) is 30.3 Å². The van der Waals surface area contributed by atoms with Gasteiger partial charge in [0, 0.05) is 12.0 Å². The fourth-order valence-corrected chi connectivity index (χ4v) is 3.98. The highest BCUT2D eigenvalue weighted by Gasteiger charge is 2.47. The summed E-state index contributed by atoms with van der Waals surface area (Å²) in [5.41, 5.74) is 1.56. The van der Waals surface area contributed by atoms with E-state index in [-0.39, 0.29) is 0 Å². The van der Waals surface area contributed by atoms with Crippen molar-refractivity contribution >= 4 is 0 Å². The quantitative estimate of drug-likeness (QED) is 0.816. The van der Waals surface area contributed by atoms with E-state index < -0.39 is 0 Å². The highest BCUT2D eigenvalue weighted by atomic mass is 14.9. The van der Waals surface area contributed by atoms with Crippen molar-refractivity contribution in [1.82, 2.24) is 5.32 Å². The van der Waals surface area contributed by atoms with Crippen molar-refractivity contribution in [2.75, 3.05) is 6.54 Å². The summed E-state index contributed by atoms with van der Waals surface area (Å²) >= 11 is 0. The molecule has 0 heterocycles. The second kappa shape index (κ2) is 4.21. The summed E-state index contributed by atoms with van der Waals surface area (Å²) in [6, 6.07) is 11.9. The molecule has 4 atom stereocenters. The fourth-order valence-electron chi connectivity index (χ4n) is 3.98. The maximum atomic E-state index is 3.72. The maximum absolute atomic E-state index is 3.72. The van der Waals surface area contributed by atoms with Crippen LogP contribution in [0.3, 0.4) is 0 Å². The van der Waals surface area contributed by atoms with Crippen LogP contribution in [0.4, 0.5) is 0 Å². The molecule has 3 rings (SSSR count). The second-order valence-corrected chi connectivity index (χ2v) is 5.35. The van der Waals surface area contributed by atoms with Gasteiger partial charge in [0.25, 0.3) is 0 Å². The lowest BCUT2D eigenvalue weighted by molar-refractivity contribution is 0.315. The van der Waals surface area contributed by atoms with Crippen molar-refractivity contribution in [2.24, 2.45) is 11.8 Å². The van der Waals surface area contributed by atoms with Crippen LogP contribution in [0, 0.1) is 11.8 Å². The van der Waals surface area contributed by atoms with Gasteiger partial charge in [-0.1, -0.05) is 37.3 Å². The molecular weight excluding hydrogens is 194 g/mol. The molecule has 0 saturated heterocycles. The first-order valence-electron chi connectivity index (χ1n) is 6.68. The molecule has 2 bridgehead atoms. The fraction of sp³-hybridized carbons (Fsp3) is 0.600. The first-order chi connectivity index (χ1) is 7.90. The Kier molecular flexibility index (Phi) is 2.72. The van der Waals surface area contributed by atoms with Crippen LogP contribution in [0.1, 0.15) is 37.7 Å².